The van der Waals surface area contributed by atoms with Gasteiger partial charge in [-0.05, 0) is 53.2 Å². The van der Waals surface area contributed by atoms with Crippen LogP contribution in [-0.2, 0) is 12.1 Å². The number of nitrogens with one attached hydrogen (secondary N) is 1. The van der Waals surface area contributed by atoms with Crippen molar-refractivity contribution < 1.29 is 0 Å². The van der Waals surface area contributed by atoms with Crippen LogP contribution in [-0.4, -0.2) is 51.1 Å². The summed E-state index contributed by atoms with van der Waals surface area (Å²) in [6.45, 7) is 7.64. The lowest BCUT2D eigenvalue weighted by Crippen LogP contribution is -2.42. The minimum absolute atomic E-state index is 0.0451. The van der Waals surface area contributed by atoms with Gasteiger partial charge in [0.1, 0.15) is 0 Å². The molecule has 3 heteroatoms. The molecule has 1 aromatic rings. The molecule has 0 bridgehead atoms. The van der Waals surface area contributed by atoms with E-state index in [0.29, 0.717) is 0 Å². The Bertz CT molecular complexity index is 385. The van der Waals surface area contributed by atoms with E-state index in [1.165, 1.54) is 11.1 Å². The van der Waals surface area contributed by atoms with Crippen molar-refractivity contribution in [1.29, 1.82) is 0 Å². The van der Waals surface area contributed by atoms with Crippen molar-refractivity contribution in [3.63, 3.8) is 0 Å². The molecule has 19 heavy (non-hydrogen) atoms. The first-order valence-corrected chi connectivity index (χ1v) is 6.98. The fourth-order valence-corrected chi connectivity index (χ4v) is 2.36. The Kier molecular flexibility index (Phi) is 5.98. The monoisotopic (exact) mass is 263 g/mol. The summed E-state index contributed by atoms with van der Waals surface area (Å²) in [7, 11) is 8.44. The van der Waals surface area contributed by atoms with Gasteiger partial charge in [0.2, 0.25) is 0 Å². The van der Waals surface area contributed by atoms with Crippen molar-refractivity contribution in [1.82, 2.24) is 15.1 Å². The number of hydrogen-bond acceptors (Lipinski definition) is 3. The lowest BCUT2D eigenvalue weighted by molar-refractivity contribution is 0.156. The second kappa shape index (κ2) is 7.04. The quantitative estimate of drug-likeness (QED) is 0.813. The van der Waals surface area contributed by atoms with E-state index in [1.54, 1.807) is 0 Å². The molecule has 0 radical (unpaired) electrons. The number of hydrogen-bond donors (Lipinski definition) is 1. The maximum absolute atomic E-state index is 3.22. The molecule has 0 aliphatic heterocycles. The maximum Gasteiger partial charge on any atom is 0.0405 e. The van der Waals surface area contributed by atoms with Crippen LogP contribution < -0.4 is 5.32 Å². The van der Waals surface area contributed by atoms with Gasteiger partial charge in [-0.15, -0.1) is 0 Å². The molecule has 0 aromatic heterocycles. The summed E-state index contributed by atoms with van der Waals surface area (Å²) >= 11 is 0. The standard InChI is InChI=1S/C16H29N3/c1-16(2,19(6)12-11-17-3)15-10-8-7-9-14(15)13-18(4)5/h7-10,17H,11-13H2,1-6H3. The second-order valence-corrected chi connectivity index (χ2v) is 5.98. The Morgan fingerprint density at radius 2 is 1.74 bits per heavy atom. The molecule has 0 aliphatic carbocycles. The van der Waals surface area contributed by atoms with Crippen molar-refractivity contribution in [2.75, 3.05) is 41.3 Å². The van der Waals surface area contributed by atoms with Crippen molar-refractivity contribution in [2.24, 2.45) is 0 Å². The molecular formula is C16H29N3. The Hall–Kier alpha value is -0.900. The van der Waals surface area contributed by atoms with Gasteiger partial charge >= 0.3 is 0 Å². The van der Waals surface area contributed by atoms with E-state index < -0.39 is 0 Å². The van der Waals surface area contributed by atoms with Crippen molar-refractivity contribution in [3.05, 3.63) is 35.4 Å². The molecular weight excluding hydrogens is 234 g/mol. The highest BCUT2D eigenvalue weighted by Gasteiger charge is 2.27. The van der Waals surface area contributed by atoms with E-state index in [1.807, 2.05) is 7.05 Å². The Morgan fingerprint density at radius 1 is 1.11 bits per heavy atom. The van der Waals surface area contributed by atoms with Crippen molar-refractivity contribution in [2.45, 2.75) is 25.9 Å². The molecule has 0 unspecified atom stereocenters. The molecule has 0 spiro atoms. The largest absolute Gasteiger partial charge is 0.318 e. The highest BCUT2D eigenvalue weighted by atomic mass is 15.2. The minimum Gasteiger partial charge on any atom is -0.318 e. The van der Waals surface area contributed by atoms with E-state index in [0.717, 1.165) is 19.6 Å². The van der Waals surface area contributed by atoms with Gasteiger partial charge in [0, 0.05) is 25.2 Å². The molecule has 1 rings (SSSR count). The minimum atomic E-state index is 0.0451. The van der Waals surface area contributed by atoms with Crippen LogP contribution >= 0.6 is 0 Å². The molecule has 108 valence electrons. The average Bonchev–Trinajstić information content (AvgIpc) is 2.35. The van der Waals surface area contributed by atoms with E-state index in [2.05, 4.69) is 74.4 Å². The average molecular weight is 263 g/mol. The van der Waals surface area contributed by atoms with Gasteiger partial charge in [-0.2, -0.15) is 0 Å². The molecule has 0 amide bonds. The van der Waals surface area contributed by atoms with Crippen LogP contribution in [0.25, 0.3) is 0 Å². The van der Waals surface area contributed by atoms with Crippen LogP contribution in [0.15, 0.2) is 24.3 Å². The number of nitrogens with zero attached hydrogens (tertiary/aromatic N) is 2. The lowest BCUT2D eigenvalue weighted by atomic mass is 9.88. The maximum atomic E-state index is 3.22. The lowest BCUT2D eigenvalue weighted by Gasteiger charge is -2.38. The van der Waals surface area contributed by atoms with Gasteiger partial charge in [-0.3, -0.25) is 4.90 Å². The van der Waals surface area contributed by atoms with Crippen LogP contribution in [0.1, 0.15) is 25.0 Å². The van der Waals surface area contributed by atoms with Gasteiger partial charge < -0.3 is 10.2 Å². The van der Waals surface area contributed by atoms with E-state index >= 15 is 0 Å². The van der Waals surface area contributed by atoms with Crippen LogP contribution in [0.5, 0.6) is 0 Å². The van der Waals surface area contributed by atoms with Gasteiger partial charge in [0.05, 0.1) is 0 Å². The normalized spacial score (nSPS) is 12.4. The highest BCUT2D eigenvalue weighted by molar-refractivity contribution is 5.32. The Labute approximate surface area is 118 Å². The summed E-state index contributed by atoms with van der Waals surface area (Å²) in [4.78, 5) is 4.64. The first-order chi connectivity index (χ1) is 8.89. The molecule has 0 heterocycles. The second-order valence-electron chi connectivity index (χ2n) is 5.98. The Morgan fingerprint density at radius 3 is 2.32 bits per heavy atom. The van der Waals surface area contributed by atoms with E-state index in [-0.39, 0.29) is 5.54 Å². The molecule has 1 aromatic carbocycles. The molecule has 0 saturated heterocycles. The first kappa shape index (κ1) is 16.2. The summed E-state index contributed by atoms with van der Waals surface area (Å²) in [6, 6.07) is 8.77. The highest BCUT2D eigenvalue weighted by Crippen LogP contribution is 2.29. The summed E-state index contributed by atoms with van der Waals surface area (Å²) in [5, 5.41) is 3.22. The van der Waals surface area contributed by atoms with Crippen LogP contribution in [0.4, 0.5) is 0 Å². The zero-order valence-corrected chi connectivity index (χ0v) is 13.3. The van der Waals surface area contributed by atoms with Gasteiger partial charge in [0.15, 0.2) is 0 Å². The summed E-state index contributed by atoms with van der Waals surface area (Å²) < 4.78 is 0. The fourth-order valence-electron chi connectivity index (χ4n) is 2.36. The number of likely N-dealkylation sites (N-methyl/N-ethyl adjacent to an activating group) is 2. The summed E-state index contributed by atoms with van der Waals surface area (Å²) in [6.07, 6.45) is 0. The van der Waals surface area contributed by atoms with Gasteiger partial charge in [0.25, 0.3) is 0 Å². The fraction of sp³-hybridized carbons (Fsp3) is 0.625. The van der Waals surface area contributed by atoms with Crippen molar-refractivity contribution >= 4 is 0 Å². The van der Waals surface area contributed by atoms with E-state index in [9.17, 15) is 0 Å². The number of benzene rings is 1. The molecule has 1 N–H and O–H groups in total. The van der Waals surface area contributed by atoms with Gasteiger partial charge in [-0.25, -0.2) is 0 Å². The van der Waals surface area contributed by atoms with Gasteiger partial charge in [-0.1, -0.05) is 24.3 Å². The van der Waals surface area contributed by atoms with E-state index in [4.69, 9.17) is 0 Å². The summed E-state index contributed by atoms with van der Waals surface area (Å²) in [5.74, 6) is 0. The summed E-state index contributed by atoms with van der Waals surface area (Å²) in [5.41, 5.74) is 2.87. The number of rotatable bonds is 7. The third kappa shape index (κ3) is 4.30. The molecule has 0 saturated carbocycles. The molecule has 3 nitrogen and oxygen atoms in total. The zero-order valence-electron chi connectivity index (χ0n) is 13.3. The van der Waals surface area contributed by atoms with Crippen LogP contribution in [0.2, 0.25) is 0 Å². The third-order valence-corrected chi connectivity index (χ3v) is 3.81. The van der Waals surface area contributed by atoms with Crippen LogP contribution in [0, 0.1) is 0 Å². The topological polar surface area (TPSA) is 18.5 Å². The predicted molar refractivity (Wildman–Crippen MR) is 83.4 cm³/mol. The van der Waals surface area contributed by atoms with Crippen molar-refractivity contribution in [3.8, 4) is 0 Å². The SMILES string of the molecule is CNCCN(C)C(C)(C)c1ccccc1CN(C)C. The molecule has 0 fully saturated rings. The zero-order chi connectivity index (χ0) is 14.5. The third-order valence-electron chi connectivity index (χ3n) is 3.81. The molecule has 0 aliphatic rings. The predicted octanol–water partition coefficient (Wildman–Crippen LogP) is 2.13. The first-order valence-electron chi connectivity index (χ1n) is 6.98. The smallest absolute Gasteiger partial charge is 0.0405 e. The molecule has 0 atom stereocenters. The van der Waals surface area contributed by atoms with Crippen LogP contribution in [0.3, 0.4) is 0 Å². The Balaban J connectivity index is 2.99.